The zero-order chi connectivity index (χ0) is 19.2. The van der Waals surface area contributed by atoms with Gasteiger partial charge in [-0.1, -0.05) is 18.2 Å². The molecule has 0 aliphatic rings. The van der Waals surface area contributed by atoms with Gasteiger partial charge in [-0.2, -0.15) is 0 Å². The summed E-state index contributed by atoms with van der Waals surface area (Å²) in [4.78, 5) is 20.1. The third-order valence-corrected chi connectivity index (χ3v) is 3.66. The SMILES string of the molecule is COc1ccccc1Nc1cc(Nc2cccc(NC(C)=O)c2)nc(C)n1. The van der Waals surface area contributed by atoms with E-state index in [-0.39, 0.29) is 5.91 Å². The number of methoxy groups -OCH3 is 1. The molecule has 3 rings (SSSR count). The molecule has 0 aliphatic heterocycles. The summed E-state index contributed by atoms with van der Waals surface area (Å²) in [5.41, 5.74) is 2.34. The van der Waals surface area contributed by atoms with E-state index in [9.17, 15) is 4.79 Å². The molecule has 7 heteroatoms. The second kappa shape index (κ2) is 8.18. The smallest absolute Gasteiger partial charge is 0.221 e. The van der Waals surface area contributed by atoms with E-state index >= 15 is 0 Å². The Hall–Kier alpha value is -3.61. The largest absolute Gasteiger partial charge is 0.495 e. The van der Waals surface area contributed by atoms with Crippen LogP contribution in [0.4, 0.5) is 28.7 Å². The molecule has 0 spiro atoms. The maximum atomic E-state index is 11.2. The molecule has 0 atom stereocenters. The summed E-state index contributed by atoms with van der Waals surface area (Å²) in [7, 11) is 1.63. The fourth-order valence-electron chi connectivity index (χ4n) is 2.61. The Morgan fingerprint density at radius 3 is 2.37 bits per heavy atom. The highest BCUT2D eigenvalue weighted by Gasteiger charge is 2.07. The van der Waals surface area contributed by atoms with Crippen molar-refractivity contribution in [1.82, 2.24) is 9.97 Å². The number of benzene rings is 2. The molecule has 0 bridgehead atoms. The number of amides is 1. The monoisotopic (exact) mass is 363 g/mol. The number of ether oxygens (including phenoxy) is 1. The van der Waals surface area contributed by atoms with Gasteiger partial charge in [-0.05, 0) is 37.3 Å². The van der Waals surface area contributed by atoms with Gasteiger partial charge in [0.2, 0.25) is 5.91 Å². The fraction of sp³-hybridized carbons (Fsp3) is 0.150. The van der Waals surface area contributed by atoms with Crippen LogP contribution < -0.4 is 20.7 Å². The van der Waals surface area contributed by atoms with Crippen molar-refractivity contribution < 1.29 is 9.53 Å². The van der Waals surface area contributed by atoms with Crippen LogP contribution in [0.3, 0.4) is 0 Å². The number of aromatic nitrogens is 2. The molecule has 7 nitrogen and oxygen atoms in total. The van der Waals surface area contributed by atoms with Crippen molar-refractivity contribution in [1.29, 1.82) is 0 Å². The first kappa shape index (κ1) is 18.2. The number of carbonyl (C=O) groups excluding carboxylic acids is 1. The Morgan fingerprint density at radius 2 is 1.63 bits per heavy atom. The summed E-state index contributed by atoms with van der Waals surface area (Å²) in [5, 5.41) is 9.26. The van der Waals surface area contributed by atoms with Crippen molar-refractivity contribution in [2.45, 2.75) is 13.8 Å². The van der Waals surface area contributed by atoms with Crippen molar-refractivity contribution in [3.05, 3.63) is 60.4 Å². The Morgan fingerprint density at radius 1 is 0.926 bits per heavy atom. The van der Waals surface area contributed by atoms with Crippen LogP contribution in [0.25, 0.3) is 0 Å². The van der Waals surface area contributed by atoms with E-state index in [1.807, 2.05) is 61.5 Å². The van der Waals surface area contributed by atoms with E-state index in [0.717, 1.165) is 17.1 Å². The van der Waals surface area contributed by atoms with Crippen LogP contribution in [0, 0.1) is 6.92 Å². The molecule has 0 radical (unpaired) electrons. The molecular weight excluding hydrogens is 342 g/mol. The first-order chi connectivity index (χ1) is 13.0. The lowest BCUT2D eigenvalue weighted by molar-refractivity contribution is -0.114. The lowest BCUT2D eigenvalue weighted by Gasteiger charge is -2.13. The number of aryl methyl sites for hydroxylation is 1. The molecule has 0 saturated heterocycles. The van der Waals surface area contributed by atoms with E-state index in [0.29, 0.717) is 23.1 Å². The summed E-state index contributed by atoms with van der Waals surface area (Å²) < 4.78 is 5.36. The van der Waals surface area contributed by atoms with Gasteiger partial charge in [-0.15, -0.1) is 0 Å². The highest BCUT2D eigenvalue weighted by atomic mass is 16.5. The molecule has 2 aromatic carbocycles. The zero-order valence-electron chi connectivity index (χ0n) is 15.4. The summed E-state index contributed by atoms with van der Waals surface area (Å²) in [6, 6.07) is 16.9. The quantitative estimate of drug-likeness (QED) is 0.607. The van der Waals surface area contributed by atoms with Crippen molar-refractivity contribution in [2.75, 3.05) is 23.1 Å². The molecular formula is C20H21N5O2. The van der Waals surface area contributed by atoms with Gasteiger partial charge in [-0.3, -0.25) is 4.79 Å². The summed E-state index contributed by atoms with van der Waals surface area (Å²) in [5.74, 6) is 2.52. The lowest BCUT2D eigenvalue weighted by Crippen LogP contribution is -2.06. The normalized spacial score (nSPS) is 10.2. The summed E-state index contributed by atoms with van der Waals surface area (Å²) in [6.45, 7) is 3.30. The third kappa shape index (κ3) is 4.94. The van der Waals surface area contributed by atoms with Gasteiger partial charge in [0.15, 0.2) is 0 Å². The number of nitrogens with zero attached hydrogens (tertiary/aromatic N) is 2. The molecule has 1 heterocycles. The van der Waals surface area contributed by atoms with E-state index in [2.05, 4.69) is 25.9 Å². The first-order valence-corrected chi connectivity index (χ1v) is 8.44. The molecule has 0 aliphatic carbocycles. The number of anilines is 5. The van der Waals surface area contributed by atoms with Gasteiger partial charge in [0.1, 0.15) is 23.2 Å². The van der Waals surface area contributed by atoms with E-state index in [1.54, 1.807) is 7.11 Å². The highest BCUT2D eigenvalue weighted by molar-refractivity contribution is 5.89. The van der Waals surface area contributed by atoms with Gasteiger partial charge in [0, 0.05) is 24.4 Å². The van der Waals surface area contributed by atoms with E-state index < -0.39 is 0 Å². The van der Waals surface area contributed by atoms with E-state index in [1.165, 1.54) is 6.92 Å². The van der Waals surface area contributed by atoms with Gasteiger partial charge in [-0.25, -0.2) is 9.97 Å². The second-order valence-electron chi connectivity index (χ2n) is 5.90. The van der Waals surface area contributed by atoms with Crippen LogP contribution in [0.1, 0.15) is 12.7 Å². The van der Waals surface area contributed by atoms with Crippen molar-refractivity contribution in [3.8, 4) is 5.75 Å². The average Bonchev–Trinajstić information content (AvgIpc) is 2.61. The molecule has 0 saturated carbocycles. The van der Waals surface area contributed by atoms with Crippen LogP contribution in [0.15, 0.2) is 54.6 Å². The Labute approximate surface area is 157 Å². The molecule has 3 N–H and O–H groups in total. The topological polar surface area (TPSA) is 88.2 Å². The Balaban J connectivity index is 1.82. The minimum atomic E-state index is -0.117. The van der Waals surface area contributed by atoms with E-state index in [4.69, 9.17) is 4.74 Å². The Bertz CT molecular complexity index is 959. The van der Waals surface area contributed by atoms with Gasteiger partial charge in [0.05, 0.1) is 12.8 Å². The van der Waals surface area contributed by atoms with Crippen LogP contribution >= 0.6 is 0 Å². The van der Waals surface area contributed by atoms with Gasteiger partial charge in [0.25, 0.3) is 0 Å². The van der Waals surface area contributed by atoms with Crippen LogP contribution in [-0.2, 0) is 4.79 Å². The van der Waals surface area contributed by atoms with Crippen LogP contribution in [0.5, 0.6) is 5.75 Å². The lowest BCUT2D eigenvalue weighted by atomic mass is 10.2. The number of para-hydroxylation sites is 2. The van der Waals surface area contributed by atoms with Gasteiger partial charge < -0.3 is 20.7 Å². The second-order valence-corrected chi connectivity index (χ2v) is 5.90. The standard InChI is InChI=1S/C20H21N5O2/c1-13-21-19(24-16-8-6-7-15(11-16)23-14(2)26)12-20(22-13)25-17-9-4-5-10-18(17)27-3/h4-12H,1-3H3,(H,23,26)(H2,21,22,24,25). The highest BCUT2D eigenvalue weighted by Crippen LogP contribution is 2.27. The fourth-order valence-corrected chi connectivity index (χ4v) is 2.61. The molecule has 1 amide bonds. The van der Waals surface area contributed by atoms with Crippen LogP contribution in [0.2, 0.25) is 0 Å². The zero-order valence-corrected chi connectivity index (χ0v) is 15.4. The van der Waals surface area contributed by atoms with Crippen molar-refractivity contribution in [3.63, 3.8) is 0 Å². The maximum absolute atomic E-state index is 11.2. The summed E-state index contributed by atoms with van der Waals surface area (Å²) >= 11 is 0. The first-order valence-electron chi connectivity index (χ1n) is 8.44. The number of hydrogen-bond acceptors (Lipinski definition) is 6. The predicted octanol–water partition coefficient (Wildman–Crippen LogP) is 4.24. The third-order valence-electron chi connectivity index (χ3n) is 3.66. The number of rotatable bonds is 6. The average molecular weight is 363 g/mol. The number of hydrogen-bond donors (Lipinski definition) is 3. The molecule has 27 heavy (non-hydrogen) atoms. The maximum Gasteiger partial charge on any atom is 0.221 e. The molecule has 0 fully saturated rings. The molecule has 0 unspecified atom stereocenters. The Kier molecular flexibility index (Phi) is 5.51. The molecule has 138 valence electrons. The van der Waals surface area contributed by atoms with Gasteiger partial charge >= 0.3 is 0 Å². The minimum absolute atomic E-state index is 0.117. The number of nitrogens with one attached hydrogen (secondary N) is 3. The van der Waals surface area contributed by atoms with Crippen LogP contribution in [-0.4, -0.2) is 23.0 Å². The molecule has 3 aromatic rings. The summed E-state index contributed by atoms with van der Waals surface area (Å²) in [6.07, 6.45) is 0. The van der Waals surface area contributed by atoms with Crippen molar-refractivity contribution in [2.24, 2.45) is 0 Å². The predicted molar refractivity (Wildman–Crippen MR) is 107 cm³/mol. The number of carbonyl (C=O) groups is 1. The van der Waals surface area contributed by atoms with Crippen molar-refractivity contribution >= 4 is 34.6 Å². The molecule has 1 aromatic heterocycles. The minimum Gasteiger partial charge on any atom is -0.495 e.